The Hall–Kier alpha value is -3.61. The summed E-state index contributed by atoms with van der Waals surface area (Å²) < 4.78 is 0. The normalized spacial score (nSPS) is 21.6. The summed E-state index contributed by atoms with van der Waals surface area (Å²) in [5.74, 6) is -0.361. The molecule has 0 spiro atoms. The molecule has 2 aliphatic heterocycles. The number of benzene rings is 2. The van der Waals surface area contributed by atoms with Crippen molar-refractivity contribution in [3.05, 3.63) is 70.9 Å². The van der Waals surface area contributed by atoms with E-state index in [2.05, 4.69) is 48.3 Å². The number of hydrogen-bond acceptors (Lipinski definition) is 5. The predicted molar refractivity (Wildman–Crippen MR) is 145 cm³/mol. The molecule has 7 heteroatoms. The quantitative estimate of drug-likeness (QED) is 0.651. The van der Waals surface area contributed by atoms with Crippen LogP contribution in [0, 0.1) is 18.3 Å². The van der Waals surface area contributed by atoms with Gasteiger partial charge in [0.2, 0.25) is 11.8 Å². The van der Waals surface area contributed by atoms with Crippen molar-refractivity contribution < 1.29 is 14.4 Å². The average Bonchev–Trinajstić information content (AvgIpc) is 2.98. The van der Waals surface area contributed by atoms with Gasteiger partial charge < -0.3 is 20.9 Å². The molecule has 2 aromatic carbocycles. The van der Waals surface area contributed by atoms with Gasteiger partial charge in [-0.05, 0) is 49.3 Å². The number of likely N-dealkylation sites (tertiary alicyclic amines) is 1. The SMILES string of the molecule is Cc1ccc(C2C3=C(CC(C)(C)CC3=O)Nc3ccccc3N2CC(=O)N2CCC(C(N)=O)CC2)cc1. The Morgan fingerprint density at radius 3 is 2.38 bits per heavy atom. The van der Waals surface area contributed by atoms with Gasteiger partial charge in [-0.1, -0.05) is 55.8 Å². The van der Waals surface area contributed by atoms with Crippen LogP contribution in [0.2, 0.25) is 0 Å². The molecule has 3 aliphatic rings. The first kappa shape index (κ1) is 25.1. The third kappa shape index (κ3) is 4.99. The lowest BCUT2D eigenvalue weighted by atomic mass is 9.73. The summed E-state index contributed by atoms with van der Waals surface area (Å²) in [5.41, 5.74) is 11.0. The third-order valence-electron chi connectivity index (χ3n) is 7.95. The molecule has 0 bridgehead atoms. The number of Topliss-reactive ketones (excluding diaryl/α,β-unsaturated/α-hetero) is 1. The van der Waals surface area contributed by atoms with Crippen LogP contribution in [-0.2, 0) is 14.4 Å². The van der Waals surface area contributed by atoms with Gasteiger partial charge in [-0.25, -0.2) is 0 Å². The number of ketones is 1. The minimum absolute atomic E-state index is 0.0116. The van der Waals surface area contributed by atoms with Crippen LogP contribution in [0.25, 0.3) is 0 Å². The fourth-order valence-electron chi connectivity index (χ4n) is 5.98. The summed E-state index contributed by atoms with van der Waals surface area (Å²) in [6, 6.07) is 15.9. The van der Waals surface area contributed by atoms with Crippen molar-refractivity contribution in [2.24, 2.45) is 17.1 Å². The first-order valence-corrected chi connectivity index (χ1v) is 13.2. The Labute approximate surface area is 218 Å². The summed E-state index contributed by atoms with van der Waals surface area (Å²) in [5, 5.41) is 3.60. The zero-order valence-corrected chi connectivity index (χ0v) is 21.9. The molecule has 0 saturated carbocycles. The molecule has 2 aromatic rings. The highest BCUT2D eigenvalue weighted by molar-refractivity contribution is 6.02. The summed E-state index contributed by atoms with van der Waals surface area (Å²) in [7, 11) is 0. The second-order valence-electron chi connectivity index (χ2n) is 11.5. The molecule has 1 atom stereocenters. The van der Waals surface area contributed by atoms with Crippen LogP contribution in [0.3, 0.4) is 0 Å². The number of carbonyl (C=O) groups is 3. The molecule has 5 rings (SSSR count). The van der Waals surface area contributed by atoms with Gasteiger partial charge in [-0.2, -0.15) is 0 Å². The smallest absolute Gasteiger partial charge is 0.242 e. The minimum Gasteiger partial charge on any atom is -0.369 e. The maximum Gasteiger partial charge on any atom is 0.242 e. The highest BCUT2D eigenvalue weighted by atomic mass is 16.2. The molecular formula is C30H36N4O3. The predicted octanol–water partition coefficient (Wildman–Crippen LogP) is 4.34. The number of carbonyl (C=O) groups excluding carboxylic acids is 3. The first-order chi connectivity index (χ1) is 17.6. The van der Waals surface area contributed by atoms with Crippen LogP contribution >= 0.6 is 0 Å². The fourth-order valence-corrected chi connectivity index (χ4v) is 5.98. The molecule has 7 nitrogen and oxygen atoms in total. The molecule has 2 amide bonds. The van der Waals surface area contributed by atoms with Gasteiger partial charge in [0, 0.05) is 36.7 Å². The number of nitrogens with two attached hydrogens (primary N) is 1. The first-order valence-electron chi connectivity index (χ1n) is 13.2. The molecule has 3 N–H and O–H groups in total. The molecule has 1 unspecified atom stereocenters. The van der Waals surface area contributed by atoms with Gasteiger partial charge in [-0.15, -0.1) is 0 Å². The lowest BCUT2D eigenvalue weighted by molar-refractivity contribution is -0.133. The number of primary amides is 1. The van der Waals surface area contributed by atoms with E-state index >= 15 is 0 Å². The monoisotopic (exact) mass is 500 g/mol. The van der Waals surface area contributed by atoms with Gasteiger partial charge in [0.15, 0.2) is 5.78 Å². The second-order valence-corrected chi connectivity index (χ2v) is 11.5. The van der Waals surface area contributed by atoms with Crippen molar-refractivity contribution in [1.29, 1.82) is 0 Å². The lowest BCUT2D eigenvalue weighted by Gasteiger charge is -2.39. The largest absolute Gasteiger partial charge is 0.369 e. The van der Waals surface area contributed by atoms with Crippen molar-refractivity contribution in [3.63, 3.8) is 0 Å². The van der Waals surface area contributed by atoms with Gasteiger partial charge in [0.05, 0.1) is 24.0 Å². The van der Waals surface area contributed by atoms with E-state index in [1.165, 1.54) is 0 Å². The zero-order chi connectivity index (χ0) is 26.3. The number of anilines is 2. The van der Waals surface area contributed by atoms with Gasteiger partial charge in [0.25, 0.3) is 0 Å². The number of piperidine rings is 1. The number of nitrogens with one attached hydrogen (secondary N) is 1. The maximum atomic E-state index is 13.8. The number of allylic oxidation sites excluding steroid dienone is 1. The Balaban J connectivity index is 1.58. The van der Waals surface area contributed by atoms with E-state index in [1.807, 2.05) is 36.1 Å². The molecular weight excluding hydrogens is 464 g/mol. The van der Waals surface area contributed by atoms with Crippen LogP contribution < -0.4 is 16.0 Å². The summed E-state index contributed by atoms with van der Waals surface area (Å²) in [4.78, 5) is 43.0. The summed E-state index contributed by atoms with van der Waals surface area (Å²) in [6.07, 6.45) is 2.40. The molecule has 1 fully saturated rings. The van der Waals surface area contributed by atoms with Gasteiger partial charge >= 0.3 is 0 Å². The van der Waals surface area contributed by atoms with Crippen LogP contribution in [0.15, 0.2) is 59.8 Å². The summed E-state index contributed by atoms with van der Waals surface area (Å²) >= 11 is 0. The van der Waals surface area contributed by atoms with E-state index < -0.39 is 0 Å². The van der Waals surface area contributed by atoms with Crippen LogP contribution in [-0.4, -0.2) is 42.1 Å². The molecule has 0 radical (unpaired) electrons. The second kappa shape index (κ2) is 9.69. The topological polar surface area (TPSA) is 95.7 Å². The van der Waals surface area contributed by atoms with E-state index in [0.29, 0.717) is 32.4 Å². The van der Waals surface area contributed by atoms with Crippen LogP contribution in [0.1, 0.15) is 56.7 Å². The Morgan fingerprint density at radius 1 is 1.03 bits per heavy atom. The van der Waals surface area contributed by atoms with E-state index in [9.17, 15) is 14.4 Å². The molecule has 2 heterocycles. The molecule has 0 aromatic heterocycles. The van der Waals surface area contributed by atoms with E-state index in [0.717, 1.165) is 40.2 Å². The van der Waals surface area contributed by atoms with Crippen molar-refractivity contribution in [1.82, 2.24) is 4.90 Å². The molecule has 1 aliphatic carbocycles. The average molecular weight is 501 g/mol. The number of nitrogens with zero attached hydrogens (tertiary/aromatic N) is 2. The lowest BCUT2D eigenvalue weighted by Crippen LogP contribution is -2.47. The van der Waals surface area contributed by atoms with Gasteiger partial charge in [-0.3, -0.25) is 14.4 Å². The van der Waals surface area contributed by atoms with Crippen molar-refractivity contribution >= 4 is 29.0 Å². The Kier molecular flexibility index (Phi) is 6.56. The Bertz CT molecular complexity index is 1260. The van der Waals surface area contributed by atoms with E-state index in [1.54, 1.807) is 0 Å². The van der Waals surface area contributed by atoms with E-state index in [4.69, 9.17) is 5.73 Å². The maximum absolute atomic E-state index is 13.8. The van der Waals surface area contributed by atoms with Crippen LogP contribution in [0.5, 0.6) is 0 Å². The number of amides is 2. The van der Waals surface area contributed by atoms with Crippen molar-refractivity contribution in [3.8, 4) is 0 Å². The number of fused-ring (bicyclic) bond motifs is 1. The van der Waals surface area contributed by atoms with Gasteiger partial charge in [0.1, 0.15) is 0 Å². The fraction of sp³-hybridized carbons (Fsp3) is 0.433. The molecule has 37 heavy (non-hydrogen) atoms. The minimum atomic E-state index is -0.387. The van der Waals surface area contributed by atoms with E-state index in [-0.39, 0.29) is 41.5 Å². The standard InChI is InChI=1S/C30H36N4O3/c1-19-8-10-20(11-9-19)28-27-23(16-30(2,3)17-25(27)35)32-22-6-4-5-7-24(22)34(28)18-26(36)33-14-12-21(13-15-33)29(31)37/h4-11,21,28,32H,12-18H2,1-3H3,(H2,31,37). The third-order valence-corrected chi connectivity index (χ3v) is 7.95. The van der Waals surface area contributed by atoms with Crippen molar-refractivity contribution in [2.75, 3.05) is 29.9 Å². The van der Waals surface area contributed by atoms with Crippen LogP contribution in [0.4, 0.5) is 11.4 Å². The highest BCUT2D eigenvalue weighted by Crippen LogP contribution is 2.48. The summed E-state index contributed by atoms with van der Waals surface area (Å²) in [6.45, 7) is 7.46. The highest BCUT2D eigenvalue weighted by Gasteiger charge is 2.42. The molecule has 1 saturated heterocycles. The number of para-hydroxylation sites is 2. The van der Waals surface area contributed by atoms with Crippen molar-refractivity contribution in [2.45, 2.75) is 52.5 Å². The zero-order valence-electron chi connectivity index (χ0n) is 21.9. The number of rotatable bonds is 4. The number of aryl methyl sites for hydroxylation is 1. The Morgan fingerprint density at radius 2 is 1.70 bits per heavy atom. The number of hydrogen-bond donors (Lipinski definition) is 2. The molecule has 194 valence electrons.